The van der Waals surface area contributed by atoms with Crippen molar-refractivity contribution in [2.24, 2.45) is 0 Å². The lowest BCUT2D eigenvalue weighted by molar-refractivity contribution is 0.0448. The Bertz CT molecular complexity index is 849. The molecule has 0 aromatic carbocycles. The van der Waals surface area contributed by atoms with Gasteiger partial charge in [-0.1, -0.05) is 0 Å². The molecule has 26 heavy (non-hydrogen) atoms. The largest absolute Gasteiger partial charge is 0.465 e. The molecule has 0 aliphatic carbocycles. The Hall–Kier alpha value is -2.59. The molecule has 0 atom stereocenters. The van der Waals surface area contributed by atoms with Crippen molar-refractivity contribution in [3.8, 4) is 0 Å². The van der Waals surface area contributed by atoms with Gasteiger partial charge in [-0.05, 0) is 18.4 Å². The maximum absolute atomic E-state index is 12.4. The van der Waals surface area contributed by atoms with Crippen molar-refractivity contribution < 1.29 is 28.6 Å². The number of hydrogen-bond acceptors (Lipinski definition) is 10. The molecule has 10 heteroatoms. The maximum atomic E-state index is 12.4. The standard InChI is InChI=1S/C16H16N2O6S2/c1-22-15(20)10-9(11(16(21)23-2)26-12(10)17)7-24-14(19)8-5-4-6-18-13(8)25-3/h4-6H,7,17H2,1-3H3. The summed E-state index contributed by atoms with van der Waals surface area (Å²) < 4.78 is 14.7. The van der Waals surface area contributed by atoms with Gasteiger partial charge < -0.3 is 19.9 Å². The molecule has 2 rings (SSSR count). The number of aromatic nitrogens is 1. The predicted octanol–water partition coefficient (Wildman–Crippen LogP) is 2.38. The van der Waals surface area contributed by atoms with Gasteiger partial charge in [0.05, 0.1) is 19.8 Å². The van der Waals surface area contributed by atoms with E-state index in [2.05, 4.69) is 4.98 Å². The second-order valence-electron chi connectivity index (χ2n) is 4.77. The summed E-state index contributed by atoms with van der Waals surface area (Å²) >= 11 is 2.16. The summed E-state index contributed by atoms with van der Waals surface area (Å²) in [7, 11) is 2.39. The number of carbonyl (C=O) groups excluding carboxylic acids is 3. The normalized spacial score (nSPS) is 10.3. The van der Waals surface area contributed by atoms with Crippen molar-refractivity contribution in [2.45, 2.75) is 11.6 Å². The number of nitrogens with two attached hydrogens (primary N) is 1. The van der Waals surface area contributed by atoms with Crippen LogP contribution in [0.1, 0.15) is 36.0 Å². The molecular formula is C16H16N2O6S2. The Labute approximate surface area is 157 Å². The quantitative estimate of drug-likeness (QED) is 0.446. The van der Waals surface area contributed by atoms with Gasteiger partial charge in [0.1, 0.15) is 27.1 Å². The Kier molecular flexibility index (Phi) is 6.58. The number of rotatable bonds is 6. The number of hydrogen-bond donors (Lipinski definition) is 1. The molecular weight excluding hydrogens is 380 g/mol. The van der Waals surface area contributed by atoms with Crippen molar-refractivity contribution in [1.29, 1.82) is 0 Å². The van der Waals surface area contributed by atoms with Crippen LogP contribution in [0.5, 0.6) is 0 Å². The number of methoxy groups -OCH3 is 2. The highest BCUT2D eigenvalue weighted by Crippen LogP contribution is 2.33. The van der Waals surface area contributed by atoms with E-state index in [0.717, 1.165) is 11.3 Å². The van der Waals surface area contributed by atoms with Crippen LogP contribution < -0.4 is 5.73 Å². The molecule has 8 nitrogen and oxygen atoms in total. The van der Waals surface area contributed by atoms with Crippen LogP contribution in [0.15, 0.2) is 23.4 Å². The van der Waals surface area contributed by atoms with E-state index in [4.69, 9.17) is 19.9 Å². The third-order valence-corrected chi connectivity index (χ3v) is 5.08. The molecule has 0 bridgehead atoms. The number of nitrogen functional groups attached to an aromatic ring is 1. The Balaban J connectivity index is 2.34. The minimum Gasteiger partial charge on any atom is -0.465 e. The van der Waals surface area contributed by atoms with Gasteiger partial charge in [0.25, 0.3) is 0 Å². The molecule has 0 unspecified atom stereocenters. The fraction of sp³-hybridized carbons (Fsp3) is 0.250. The number of pyridine rings is 1. The SMILES string of the molecule is COC(=O)c1sc(N)c(C(=O)OC)c1COC(=O)c1cccnc1SC. The highest BCUT2D eigenvalue weighted by atomic mass is 32.2. The zero-order valence-corrected chi connectivity index (χ0v) is 15.9. The second kappa shape index (κ2) is 8.68. The molecule has 0 spiro atoms. The minimum absolute atomic E-state index is 0.0121. The van der Waals surface area contributed by atoms with Gasteiger partial charge in [0.15, 0.2) is 0 Å². The first-order valence-corrected chi connectivity index (χ1v) is 9.22. The van der Waals surface area contributed by atoms with E-state index in [1.807, 2.05) is 0 Å². The Morgan fingerprint density at radius 1 is 1.19 bits per heavy atom. The van der Waals surface area contributed by atoms with Crippen LogP contribution >= 0.6 is 23.1 Å². The van der Waals surface area contributed by atoms with Gasteiger partial charge in [0, 0.05) is 11.8 Å². The smallest absolute Gasteiger partial charge is 0.348 e. The molecule has 0 amide bonds. The van der Waals surface area contributed by atoms with E-state index in [-0.39, 0.29) is 33.2 Å². The molecule has 0 aliphatic rings. The van der Waals surface area contributed by atoms with Gasteiger partial charge in [-0.15, -0.1) is 23.1 Å². The van der Waals surface area contributed by atoms with Crippen LogP contribution in [-0.2, 0) is 20.8 Å². The lowest BCUT2D eigenvalue weighted by Crippen LogP contribution is -2.13. The summed E-state index contributed by atoms with van der Waals surface area (Å²) in [4.78, 5) is 40.5. The number of thioether (sulfide) groups is 1. The summed E-state index contributed by atoms with van der Waals surface area (Å²) in [6, 6.07) is 3.18. The van der Waals surface area contributed by atoms with E-state index in [0.29, 0.717) is 5.03 Å². The summed E-state index contributed by atoms with van der Waals surface area (Å²) in [6.07, 6.45) is 3.34. The molecule has 0 saturated heterocycles. The zero-order valence-electron chi connectivity index (χ0n) is 14.2. The van der Waals surface area contributed by atoms with E-state index in [1.165, 1.54) is 26.0 Å². The van der Waals surface area contributed by atoms with Gasteiger partial charge >= 0.3 is 17.9 Å². The third kappa shape index (κ3) is 3.97. The monoisotopic (exact) mass is 396 g/mol. The van der Waals surface area contributed by atoms with Crippen LogP contribution in [0.3, 0.4) is 0 Å². The average molecular weight is 396 g/mol. The number of ether oxygens (including phenoxy) is 3. The molecule has 0 fully saturated rings. The molecule has 2 aromatic heterocycles. The van der Waals surface area contributed by atoms with Crippen LogP contribution in [0.2, 0.25) is 0 Å². The molecule has 0 radical (unpaired) electrons. The number of nitrogens with zero attached hydrogens (tertiary/aromatic N) is 1. The Morgan fingerprint density at radius 3 is 2.50 bits per heavy atom. The van der Waals surface area contributed by atoms with Crippen LogP contribution in [-0.4, -0.2) is 43.4 Å². The predicted molar refractivity (Wildman–Crippen MR) is 96.5 cm³/mol. The lowest BCUT2D eigenvalue weighted by Gasteiger charge is -2.09. The van der Waals surface area contributed by atoms with E-state index in [9.17, 15) is 14.4 Å². The van der Waals surface area contributed by atoms with Crippen molar-refractivity contribution in [3.63, 3.8) is 0 Å². The molecule has 0 aliphatic heterocycles. The number of carbonyl (C=O) groups is 3. The van der Waals surface area contributed by atoms with Crippen molar-refractivity contribution in [1.82, 2.24) is 4.98 Å². The van der Waals surface area contributed by atoms with E-state index < -0.39 is 17.9 Å². The van der Waals surface area contributed by atoms with Crippen LogP contribution in [0.4, 0.5) is 5.00 Å². The molecule has 2 N–H and O–H groups in total. The number of anilines is 1. The Morgan fingerprint density at radius 2 is 1.88 bits per heavy atom. The maximum Gasteiger partial charge on any atom is 0.348 e. The first-order chi connectivity index (χ1) is 12.4. The minimum atomic E-state index is -0.730. The van der Waals surface area contributed by atoms with Gasteiger partial charge in [-0.2, -0.15) is 0 Å². The van der Waals surface area contributed by atoms with E-state index in [1.54, 1.807) is 24.6 Å². The summed E-state index contributed by atoms with van der Waals surface area (Å²) in [5.41, 5.74) is 6.25. The lowest BCUT2D eigenvalue weighted by atomic mass is 10.1. The van der Waals surface area contributed by atoms with Gasteiger partial charge in [-0.25, -0.2) is 19.4 Å². The van der Waals surface area contributed by atoms with Crippen molar-refractivity contribution >= 4 is 46.0 Å². The highest BCUT2D eigenvalue weighted by Gasteiger charge is 2.28. The van der Waals surface area contributed by atoms with Gasteiger partial charge in [-0.3, -0.25) is 0 Å². The fourth-order valence-electron chi connectivity index (χ4n) is 2.13. The summed E-state index contributed by atoms with van der Waals surface area (Å²) in [5, 5.41) is 0.582. The van der Waals surface area contributed by atoms with Gasteiger partial charge in [0.2, 0.25) is 0 Å². The first-order valence-electron chi connectivity index (χ1n) is 7.18. The average Bonchev–Trinajstić information content (AvgIpc) is 3.00. The molecule has 138 valence electrons. The first kappa shape index (κ1) is 19.7. The second-order valence-corrected chi connectivity index (χ2v) is 6.62. The number of esters is 3. The van der Waals surface area contributed by atoms with Crippen LogP contribution in [0.25, 0.3) is 0 Å². The molecule has 2 aromatic rings. The van der Waals surface area contributed by atoms with Crippen molar-refractivity contribution in [3.05, 3.63) is 39.9 Å². The van der Waals surface area contributed by atoms with Crippen LogP contribution in [0, 0.1) is 0 Å². The fourth-order valence-corrected chi connectivity index (χ4v) is 3.65. The molecule has 2 heterocycles. The molecule has 0 saturated carbocycles. The van der Waals surface area contributed by atoms with Crippen molar-refractivity contribution in [2.75, 3.05) is 26.2 Å². The topological polar surface area (TPSA) is 118 Å². The zero-order chi connectivity index (χ0) is 19.3. The summed E-state index contributed by atoms with van der Waals surface area (Å²) in [5.74, 6) is -2.06. The highest BCUT2D eigenvalue weighted by molar-refractivity contribution is 7.98. The van der Waals surface area contributed by atoms with E-state index >= 15 is 0 Å². The number of thiophene rings is 1. The third-order valence-electron chi connectivity index (χ3n) is 3.33. The summed E-state index contributed by atoms with van der Waals surface area (Å²) in [6.45, 7) is -0.343.